The molecule has 1 aromatic heterocycles. The Labute approximate surface area is 268 Å². The first-order chi connectivity index (χ1) is 19.6. The van der Waals surface area contributed by atoms with Gasteiger partial charge in [0.2, 0.25) is 0 Å². The number of aliphatic hydroxyl groups is 2. The number of carboxylic acid groups (broad SMARTS) is 1. The molecule has 0 bridgehead atoms. The van der Waals surface area contributed by atoms with Crippen LogP contribution in [0.3, 0.4) is 0 Å². The summed E-state index contributed by atoms with van der Waals surface area (Å²) in [6.45, 7) is 5.19. The number of aliphatic hydroxyl groups excluding tert-OH is 2. The number of aliphatic carboxylic acids is 1. The van der Waals surface area contributed by atoms with E-state index in [-0.39, 0.29) is 55.8 Å². The molecule has 1 fully saturated rings. The first-order valence-electron chi connectivity index (χ1n) is 14.2. The van der Waals surface area contributed by atoms with Crippen molar-refractivity contribution in [2.45, 2.75) is 77.0 Å². The number of likely N-dealkylation sites (tertiary alicyclic amines) is 1. The van der Waals surface area contributed by atoms with Crippen LogP contribution in [0.1, 0.15) is 76.0 Å². The van der Waals surface area contributed by atoms with E-state index >= 15 is 0 Å². The van der Waals surface area contributed by atoms with Crippen LogP contribution in [0.2, 0.25) is 0 Å². The largest absolute Gasteiger partial charge is 1.00 e. The molecular weight excluding hydrogens is 553 g/mol. The van der Waals surface area contributed by atoms with Crippen LogP contribution in [0.5, 0.6) is 0 Å². The number of piperidine rings is 1. The summed E-state index contributed by atoms with van der Waals surface area (Å²) in [6.07, 6.45) is 0.602. The van der Waals surface area contributed by atoms with E-state index in [2.05, 4.69) is 0 Å². The summed E-state index contributed by atoms with van der Waals surface area (Å²) in [5.74, 6) is -2.10. The quantitative estimate of drug-likeness (QED) is 0.297. The number of hydrogen-bond acceptors (Lipinski definition) is 4. The molecule has 3 N–H and O–H groups in total. The van der Waals surface area contributed by atoms with Crippen molar-refractivity contribution in [3.8, 4) is 22.3 Å². The van der Waals surface area contributed by atoms with Gasteiger partial charge in [-0.1, -0.05) is 24.3 Å². The molecule has 1 aliphatic rings. The van der Waals surface area contributed by atoms with Crippen molar-refractivity contribution < 1.29 is 64.7 Å². The second kappa shape index (κ2) is 15.3. The summed E-state index contributed by atoms with van der Waals surface area (Å²) < 4.78 is 30.0. The van der Waals surface area contributed by atoms with Crippen LogP contribution < -0.4 is 29.6 Å². The smallest absolute Gasteiger partial charge is 1.00 e. The van der Waals surface area contributed by atoms with Crippen LogP contribution >= 0.6 is 0 Å². The topological polar surface area (TPSA) is 103 Å². The van der Waals surface area contributed by atoms with Gasteiger partial charge in [-0.3, -0.25) is 9.59 Å². The van der Waals surface area contributed by atoms with Crippen LogP contribution in [0, 0.1) is 11.6 Å². The minimum absolute atomic E-state index is 0. The Kier molecular flexibility index (Phi) is 12.3. The molecule has 0 saturated carbocycles. The maximum absolute atomic E-state index is 14.3. The Balaban J connectivity index is 0.00000323. The number of carbonyl (C=O) groups excluding carboxylic acids is 1. The van der Waals surface area contributed by atoms with Gasteiger partial charge < -0.3 is 26.2 Å². The molecule has 3 aromatic rings. The Hall–Kier alpha value is -2.56. The predicted molar refractivity (Wildman–Crippen MR) is 154 cm³/mol. The van der Waals surface area contributed by atoms with E-state index in [4.69, 9.17) is 5.11 Å². The van der Waals surface area contributed by atoms with Crippen molar-refractivity contribution in [1.82, 2.24) is 9.47 Å². The molecule has 7 nitrogen and oxygen atoms in total. The van der Waals surface area contributed by atoms with E-state index in [1.165, 1.54) is 24.3 Å². The summed E-state index contributed by atoms with van der Waals surface area (Å²) in [6, 6.07) is 11.8. The van der Waals surface area contributed by atoms with Crippen molar-refractivity contribution in [2.24, 2.45) is 0 Å². The van der Waals surface area contributed by atoms with Crippen molar-refractivity contribution in [3.63, 3.8) is 0 Å². The molecular formula is C32H39F2N2NaO5. The van der Waals surface area contributed by atoms with Crippen molar-refractivity contribution in [2.75, 3.05) is 13.1 Å². The second-order valence-electron chi connectivity index (χ2n) is 11.1. The third-order valence-electron chi connectivity index (χ3n) is 7.60. The fourth-order valence-electron chi connectivity index (χ4n) is 5.76. The van der Waals surface area contributed by atoms with E-state index in [1.807, 2.05) is 23.3 Å². The first kappa shape index (κ1) is 33.9. The molecule has 10 heteroatoms. The molecule has 222 valence electrons. The zero-order chi connectivity index (χ0) is 29.7. The number of carbonyl (C=O) groups is 2. The van der Waals surface area contributed by atoms with Gasteiger partial charge >= 0.3 is 35.5 Å². The zero-order valence-corrected chi connectivity index (χ0v) is 26.5. The van der Waals surface area contributed by atoms with Gasteiger partial charge in [-0.05, 0) is 87.8 Å². The SMILES string of the molecule is CC(C)n1c(CC[C@@H](O)C[C@@H](O)CC(=O)O)c(-c2ccc(F)cc2)c(-c2ccc(F)cc2)c1C(=O)N1CCCCC1.[H-].[Na+]. The molecule has 4 rings (SSSR count). The maximum atomic E-state index is 14.3. The summed E-state index contributed by atoms with van der Waals surface area (Å²) in [4.78, 5) is 27.1. The zero-order valence-electron chi connectivity index (χ0n) is 25.5. The third kappa shape index (κ3) is 8.08. The average molecular weight is 593 g/mol. The molecule has 42 heavy (non-hydrogen) atoms. The van der Waals surface area contributed by atoms with Gasteiger partial charge in [0.1, 0.15) is 17.3 Å². The molecule has 0 aliphatic carbocycles. The normalized spacial score (nSPS) is 14.9. The van der Waals surface area contributed by atoms with E-state index < -0.39 is 36.2 Å². The van der Waals surface area contributed by atoms with E-state index in [9.17, 15) is 28.6 Å². The molecule has 2 atom stereocenters. The number of aromatic nitrogens is 1. The van der Waals surface area contributed by atoms with Crippen LogP contribution in [0.4, 0.5) is 8.78 Å². The third-order valence-corrected chi connectivity index (χ3v) is 7.60. The molecule has 2 heterocycles. The standard InChI is InChI=1S/C32H38F2N2O5.Na.H/c1-20(2)36-27(15-14-25(37)18-26(38)19-28(39)40)29(21-6-10-23(33)11-7-21)30(22-8-12-24(34)13-9-22)31(36)32(41)35-16-4-3-5-17-35;;/h6-13,20,25-26,37-38H,3-5,14-19H2,1-2H3,(H,39,40);;/q;+1;-1/t25-,26-;;/m1../s1. The first-order valence-corrected chi connectivity index (χ1v) is 14.2. The number of benzene rings is 2. The Morgan fingerprint density at radius 3 is 1.88 bits per heavy atom. The van der Waals surface area contributed by atoms with Gasteiger partial charge in [0.25, 0.3) is 5.91 Å². The van der Waals surface area contributed by atoms with E-state index in [1.54, 1.807) is 24.3 Å². The number of halogens is 2. The van der Waals surface area contributed by atoms with Gasteiger partial charge in [0.15, 0.2) is 0 Å². The fourth-order valence-corrected chi connectivity index (χ4v) is 5.76. The van der Waals surface area contributed by atoms with Crippen LogP contribution in [0.15, 0.2) is 48.5 Å². The number of rotatable bonds is 11. The maximum Gasteiger partial charge on any atom is 1.00 e. The predicted octanol–water partition coefficient (Wildman–Crippen LogP) is 2.94. The van der Waals surface area contributed by atoms with Crippen molar-refractivity contribution >= 4 is 11.9 Å². The molecule has 1 amide bonds. The minimum atomic E-state index is -1.19. The monoisotopic (exact) mass is 592 g/mol. The second-order valence-corrected chi connectivity index (χ2v) is 11.1. The number of nitrogens with zero attached hydrogens (tertiary/aromatic N) is 2. The summed E-state index contributed by atoms with van der Waals surface area (Å²) in [7, 11) is 0. The Morgan fingerprint density at radius 1 is 0.857 bits per heavy atom. The van der Waals surface area contributed by atoms with Gasteiger partial charge in [-0.25, -0.2) is 8.78 Å². The van der Waals surface area contributed by atoms with Gasteiger partial charge in [0.05, 0.1) is 18.6 Å². The van der Waals surface area contributed by atoms with Crippen LogP contribution in [0.25, 0.3) is 22.3 Å². The molecule has 0 radical (unpaired) electrons. The summed E-state index contributed by atoms with van der Waals surface area (Å²) in [5, 5.41) is 29.8. The van der Waals surface area contributed by atoms with Crippen molar-refractivity contribution in [3.05, 3.63) is 71.6 Å². The molecule has 2 aromatic carbocycles. The average Bonchev–Trinajstić information content (AvgIpc) is 3.27. The Bertz CT molecular complexity index is 1360. The number of hydrogen-bond donors (Lipinski definition) is 3. The summed E-state index contributed by atoms with van der Waals surface area (Å²) >= 11 is 0. The minimum Gasteiger partial charge on any atom is -1.00 e. The molecule has 1 aliphatic heterocycles. The number of amides is 1. The van der Waals surface area contributed by atoms with Crippen LogP contribution in [-0.2, 0) is 11.2 Å². The van der Waals surface area contributed by atoms with Crippen molar-refractivity contribution in [1.29, 1.82) is 0 Å². The van der Waals surface area contributed by atoms with E-state index in [0.29, 0.717) is 47.5 Å². The molecule has 0 unspecified atom stereocenters. The van der Waals surface area contributed by atoms with Crippen LogP contribution in [-0.4, -0.2) is 62.0 Å². The van der Waals surface area contributed by atoms with Gasteiger partial charge in [-0.15, -0.1) is 0 Å². The van der Waals surface area contributed by atoms with E-state index in [0.717, 1.165) is 25.0 Å². The van der Waals surface area contributed by atoms with Gasteiger partial charge in [-0.2, -0.15) is 0 Å². The molecule has 1 saturated heterocycles. The van der Waals surface area contributed by atoms with Gasteiger partial charge in [0, 0.05) is 36.0 Å². The molecule has 0 spiro atoms. The fraction of sp³-hybridized carbons (Fsp3) is 0.438. The number of carboxylic acids is 1. The summed E-state index contributed by atoms with van der Waals surface area (Å²) in [5.41, 5.74) is 3.85. The Morgan fingerprint density at radius 2 is 1.38 bits per heavy atom.